The predicted octanol–water partition coefficient (Wildman–Crippen LogP) is 4.27. The van der Waals surface area contributed by atoms with Gasteiger partial charge in [0.1, 0.15) is 6.10 Å². The van der Waals surface area contributed by atoms with E-state index < -0.39 is 6.10 Å². The van der Waals surface area contributed by atoms with E-state index in [9.17, 15) is 5.11 Å². The van der Waals surface area contributed by atoms with Crippen LogP contribution in [0.4, 0.5) is 0 Å². The number of hydrogen-bond donors (Lipinski definition) is 1. The first-order chi connectivity index (χ1) is 9.94. The summed E-state index contributed by atoms with van der Waals surface area (Å²) in [5.41, 5.74) is 2.71. The summed E-state index contributed by atoms with van der Waals surface area (Å²) >= 11 is 0. The van der Waals surface area contributed by atoms with E-state index in [1.54, 1.807) is 0 Å². The lowest BCUT2D eigenvalue weighted by atomic mass is 9.71. The average molecular weight is 288 g/mol. The molecule has 2 aliphatic rings. The van der Waals surface area contributed by atoms with Crippen LogP contribution in [0, 0.1) is 11.3 Å². The standard InChI is InChI=1S/C19H28O2/c1-13-10-15(12-19(2,3)11-13)21-17-9-8-14-6-4-5-7-16(14)18(17)20/h4-7,13,15,17-18,20H,8-12H2,1-3H3. The number of rotatable bonds is 2. The fourth-order valence-corrected chi connectivity index (χ4v) is 4.46. The summed E-state index contributed by atoms with van der Waals surface area (Å²) in [7, 11) is 0. The van der Waals surface area contributed by atoms with Gasteiger partial charge in [-0.15, -0.1) is 0 Å². The van der Waals surface area contributed by atoms with Gasteiger partial charge in [-0.05, 0) is 54.6 Å². The average Bonchev–Trinajstić information content (AvgIpc) is 2.40. The first-order valence-corrected chi connectivity index (χ1v) is 8.36. The predicted molar refractivity (Wildman–Crippen MR) is 85.2 cm³/mol. The lowest BCUT2D eigenvalue weighted by Gasteiger charge is -2.41. The van der Waals surface area contributed by atoms with Crippen molar-refractivity contribution < 1.29 is 9.84 Å². The van der Waals surface area contributed by atoms with Crippen molar-refractivity contribution in [1.82, 2.24) is 0 Å². The Kier molecular flexibility index (Phi) is 4.11. The topological polar surface area (TPSA) is 29.5 Å². The first kappa shape index (κ1) is 15.1. The second-order valence-electron chi connectivity index (χ2n) is 7.89. The Morgan fingerprint density at radius 1 is 1.19 bits per heavy atom. The molecule has 2 heteroatoms. The molecule has 0 bridgehead atoms. The molecule has 4 atom stereocenters. The third-order valence-corrected chi connectivity index (χ3v) is 5.14. The molecule has 1 N–H and O–H groups in total. The van der Waals surface area contributed by atoms with Crippen LogP contribution in [0.5, 0.6) is 0 Å². The zero-order valence-electron chi connectivity index (χ0n) is 13.5. The second kappa shape index (κ2) is 5.73. The summed E-state index contributed by atoms with van der Waals surface area (Å²) in [5, 5.41) is 10.6. The molecule has 116 valence electrons. The van der Waals surface area contributed by atoms with Gasteiger partial charge in [-0.3, -0.25) is 0 Å². The number of benzene rings is 1. The monoisotopic (exact) mass is 288 g/mol. The lowest BCUT2D eigenvalue weighted by molar-refractivity contribution is -0.115. The fourth-order valence-electron chi connectivity index (χ4n) is 4.46. The van der Waals surface area contributed by atoms with E-state index in [0.29, 0.717) is 17.4 Å². The normalized spacial score (nSPS) is 35.2. The highest BCUT2D eigenvalue weighted by molar-refractivity contribution is 5.32. The fraction of sp³-hybridized carbons (Fsp3) is 0.684. The van der Waals surface area contributed by atoms with Crippen LogP contribution in [0.15, 0.2) is 24.3 Å². The molecule has 1 aromatic rings. The SMILES string of the molecule is CC1CC(OC2CCc3ccccc3C2O)CC(C)(C)C1. The van der Waals surface area contributed by atoms with E-state index in [-0.39, 0.29) is 6.10 Å². The quantitative estimate of drug-likeness (QED) is 0.881. The molecule has 0 saturated heterocycles. The minimum absolute atomic E-state index is 0.0361. The van der Waals surface area contributed by atoms with Gasteiger partial charge >= 0.3 is 0 Å². The Morgan fingerprint density at radius 3 is 2.71 bits per heavy atom. The molecular weight excluding hydrogens is 260 g/mol. The summed E-state index contributed by atoms with van der Waals surface area (Å²) in [6.45, 7) is 7.00. The molecule has 0 amide bonds. The number of fused-ring (bicyclic) bond motifs is 1. The van der Waals surface area contributed by atoms with Gasteiger partial charge in [0.15, 0.2) is 0 Å². The second-order valence-corrected chi connectivity index (χ2v) is 7.89. The van der Waals surface area contributed by atoms with Gasteiger partial charge in [0.05, 0.1) is 12.2 Å². The number of ether oxygens (including phenoxy) is 1. The summed E-state index contributed by atoms with van der Waals surface area (Å²) in [4.78, 5) is 0. The van der Waals surface area contributed by atoms with E-state index in [1.807, 2.05) is 12.1 Å². The van der Waals surface area contributed by atoms with Crippen LogP contribution in [0.2, 0.25) is 0 Å². The van der Waals surface area contributed by atoms with Crippen LogP contribution >= 0.6 is 0 Å². The Balaban J connectivity index is 1.69. The zero-order valence-corrected chi connectivity index (χ0v) is 13.5. The maximum atomic E-state index is 10.6. The van der Waals surface area contributed by atoms with E-state index in [0.717, 1.165) is 31.2 Å². The molecule has 3 rings (SSSR count). The zero-order chi connectivity index (χ0) is 15.0. The number of hydrogen-bond acceptors (Lipinski definition) is 2. The Morgan fingerprint density at radius 2 is 1.95 bits per heavy atom. The molecule has 2 aliphatic carbocycles. The minimum Gasteiger partial charge on any atom is -0.386 e. The van der Waals surface area contributed by atoms with Crippen molar-refractivity contribution in [2.45, 2.75) is 71.2 Å². The highest BCUT2D eigenvalue weighted by atomic mass is 16.5. The number of aryl methyl sites for hydroxylation is 1. The van der Waals surface area contributed by atoms with Gasteiger partial charge in [-0.25, -0.2) is 0 Å². The molecule has 1 aromatic carbocycles. The van der Waals surface area contributed by atoms with Gasteiger partial charge in [0.25, 0.3) is 0 Å². The summed E-state index contributed by atoms with van der Waals surface area (Å²) in [6.07, 6.45) is 5.28. The van der Waals surface area contributed by atoms with E-state index in [4.69, 9.17) is 4.74 Å². The Labute approximate surface area is 128 Å². The molecule has 0 spiro atoms. The molecule has 2 nitrogen and oxygen atoms in total. The number of aliphatic hydroxyl groups excluding tert-OH is 1. The molecule has 21 heavy (non-hydrogen) atoms. The minimum atomic E-state index is -0.463. The molecule has 4 unspecified atom stereocenters. The van der Waals surface area contributed by atoms with Gasteiger partial charge in [-0.2, -0.15) is 0 Å². The smallest absolute Gasteiger partial charge is 0.105 e. The van der Waals surface area contributed by atoms with Crippen LogP contribution < -0.4 is 0 Å². The van der Waals surface area contributed by atoms with Gasteiger partial charge < -0.3 is 9.84 Å². The molecule has 0 aliphatic heterocycles. The largest absolute Gasteiger partial charge is 0.386 e. The molecule has 0 radical (unpaired) electrons. The summed E-state index contributed by atoms with van der Waals surface area (Å²) < 4.78 is 6.36. The highest BCUT2D eigenvalue weighted by Crippen LogP contribution is 2.41. The van der Waals surface area contributed by atoms with Crippen LogP contribution in [0.1, 0.15) is 63.7 Å². The van der Waals surface area contributed by atoms with Crippen molar-refractivity contribution in [3.8, 4) is 0 Å². The summed E-state index contributed by atoms with van der Waals surface area (Å²) in [6, 6.07) is 8.23. The third-order valence-electron chi connectivity index (χ3n) is 5.14. The van der Waals surface area contributed by atoms with Crippen LogP contribution in [0.3, 0.4) is 0 Å². The molecule has 1 fully saturated rings. The van der Waals surface area contributed by atoms with Crippen molar-refractivity contribution in [2.75, 3.05) is 0 Å². The van der Waals surface area contributed by atoms with E-state index in [1.165, 1.54) is 12.0 Å². The highest BCUT2D eigenvalue weighted by Gasteiger charge is 2.36. The molecule has 0 heterocycles. The summed E-state index contributed by atoms with van der Waals surface area (Å²) in [5.74, 6) is 0.715. The van der Waals surface area contributed by atoms with Crippen LogP contribution in [0.25, 0.3) is 0 Å². The maximum absolute atomic E-state index is 10.6. The van der Waals surface area contributed by atoms with Gasteiger partial charge in [-0.1, -0.05) is 45.0 Å². The Bertz CT molecular complexity index is 494. The van der Waals surface area contributed by atoms with E-state index in [2.05, 4.69) is 32.9 Å². The van der Waals surface area contributed by atoms with Gasteiger partial charge in [0, 0.05) is 0 Å². The van der Waals surface area contributed by atoms with Crippen LogP contribution in [-0.4, -0.2) is 17.3 Å². The van der Waals surface area contributed by atoms with E-state index >= 15 is 0 Å². The number of aliphatic hydroxyl groups is 1. The molecule has 1 saturated carbocycles. The lowest BCUT2D eigenvalue weighted by Crippen LogP contribution is -2.38. The third kappa shape index (κ3) is 3.32. The van der Waals surface area contributed by atoms with Crippen LogP contribution in [-0.2, 0) is 11.2 Å². The maximum Gasteiger partial charge on any atom is 0.105 e. The van der Waals surface area contributed by atoms with Gasteiger partial charge in [0.2, 0.25) is 0 Å². The van der Waals surface area contributed by atoms with Crippen molar-refractivity contribution in [3.05, 3.63) is 35.4 Å². The van der Waals surface area contributed by atoms with Crippen molar-refractivity contribution in [3.63, 3.8) is 0 Å². The van der Waals surface area contributed by atoms with Crippen molar-refractivity contribution in [2.24, 2.45) is 11.3 Å². The first-order valence-electron chi connectivity index (χ1n) is 8.36. The molecule has 0 aromatic heterocycles. The van der Waals surface area contributed by atoms with Crippen molar-refractivity contribution >= 4 is 0 Å². The van der Waals surface area contributed by atoms with Crippen molar-refractivity contribution in [1.29, 1.82) is 0 Å². The molecular formula is C19H28O2. The Hall–Kier alpha value is -0.860.